The van der Waals surface area contributed by atoms with E-state index in [4.69, 9.17) is 15.2 Å². The van der Waals surface area contributed by atoms with Crippen LogP contribution in [0.15, 0.2) is 54.6 Å². The average molecular weight is 441 g/mol. The van der Waals surface area contributed by atoms with Gasteiger partial charge in [-0.15, -0.1) is 0 Å². The molecule has 2 atom stereocenters. The molecule has 0 radical (unpaired) electrons. The molecule has 0 aliphatic rings. The summed E-state index contributed by atoms with van der Waals surface area (Å²) >= 11 is 0. The zero-order valence-corrected chi connectivity index (χ0v) is 19.8. The van der Waals surface area contributed by atoms with Gasteiger partial charge >= 0.3 is 5.97 Å². The Morgan fingerprint density at radius 3 is 2.16 bits per heavy atom. The number of carbonyl (C=O) groups excluding carboxylic acids is 2. The third kappa shape index (κ3) is 9.10. The molecule has 6 nitrogen and oxygen atoms in total. The molecule has 2 aromatic rings. The van der Waals surface area contributed by atoms with Gasteiger partial charge in [-0.2, -0.15) is 0 Å². The minimum absolute atomic E-state index is 0.277. The molecule has 3 N–H and O–H groups in total. The van der Waals surface area contributed by atoms with E-state index in [1.807, 2.05) is 68.4 Å². The fraction of sp³-hybridized carbons (Fsp3) is 0.462. The van der Waals surface area contributed by atoms with Crippen LogP contribution >= 0.6 is 0 Å². The van der Waals surface area contributed by atoms with Crippen LogP contribution in [0.5, 0.6) is 5.75 Å². The summed E-state index contributed by atoms with van der Waals surface area (Å²) < 4.78 is 11.3. The van der Waals surface area contributed by atoms with E-state index < -0.39 is 23.7 Å². The normalized spacial score (nSPS) is 13.3. The number of hydrogen-bond acceptors (Lipinski definition) is 5. The van der Waals surface area contributed by atoms with Crippen LogP contribution in [-0.2, 0) is 27.4 Å². The predicted octanol–water partition coefficient (Wildman–Crippen LogP) is 4.01. The maximum absolute atomic E-state index is 12.8. The highest BCUT2D eigenvalue weighted by Gasteiger charge is 2.28. The highest BCUT2D eigenvalue weighted by atomic mass is 16.6. The van der Waals surface area contributed by atoms with Crippen molar-refractivity contribution in [2.75, 3.05) is 0 Å². The van der Waals surface area contributed by atoms with Crippen LogP contribution in [-0.4, -0.2) is 29.6 Å². The number of nitrogens with one attached hydrogen (secondary N) is 1. The zero-order chi connectivity index (χ0) is 23.7. The van der Waals surface area contributed by atoms with Gasteiger partial charge < -0.3 is 20.5 Å². The van der Waals surface area contributed by atoms with Gasteiger partial charge in [-0.05, 0) is 56.4 Å². The standard InChI is InChI=1S/C26H36N2O4/c1-18(2)15-22(27)24(29)28-23(25(30)32-26(3,4)5)16-19-11-13-21(14-12-19)31-17-20-9-7-6-8-10-20/h6-14,18,22-23H,15-17,27H2,1-5H3,(H,28,29)/t22-,23-/m0/s1. The first-order chi connectivity index (χ1) is 15.0. The second kappa shape index (κ2) is 11.7. The molecule has 174 valence electrons. The second-order valence-corrected chi connectivity index (χ2v) is 9.45. The van der Waals surface area contributed by atoms with Gasteiger partial charge in [0.05, 0.1) is 6.04 Å². The molecule has 0 aliphatic carbocycles. The van der Waals surface area contributed by atoms with E-state index in [1.165, 1.54) is 0 Å². The van der Waals surface area contributed by atoms with E-state index in [0.717, 1.165) is 16.9 Å². The fourth-order valence-corrected chi connectivity index (χ4v) is 3.16. The lowest BCUT2D eigenvalue weighted by Gasteiger charge is -2.26. The molecular formula is C26H36N2O4. The highest BCUT2D eigenvalue weighted by molar-refractivity contribution is 5.87. The van der Waals surface area contributed by atoms with Gasteiger partial charge in [-0.25, -0.2) is 4.79 Å². The number of ether oxygens (including phenoxy) is 2. The molecule has 1 amide bonds. The SMILES string of the molecule is CC(C)C[C@H](N)C(=O)N[C@@H](Cc1ccc(OCc2ccccc2)cc1)C(=O)OC(C)(C)C. The van der Waals surface area contributed by atoms with Crippen LogP contribution in [0.1, 0.15) is 52.2 Å². The van der Waals surface area contributed by atoms with Gasteiger partial charge in [0.1, 0.15) is 24.0 Å². The highest BCUT2D eigenvalue weighted by Crippen LogP contribution is 2.17. The monoisotopic (exact) mass is 440 g/mol. The average Bonchev–Trinajstić information content (AvgIpc) is 2.71. The maximum Gasteiger partial charge on any atom is 0.329 e. The van der Waals surface area contributed by atoms with Gasteiger partial charge in [0.15, 0.2) is 0 Å². The molecule has 0 unspecified atom stereocenters. The molecule has 2 rings (SSSR count). The Morgan fingerprint density at radius 2 is 1.59 bits per heavy atom. The van der Waals surface area contributed by atoms with Crippen LogP contribution in [0.3, 0.4) is 0 Å². The first kappa shape index (κ1) is 25.4. The van der Waals surface area contributed by atoms with E-state index in [1.54, 1.807) is 20.8 Å². The lowest BCUT2D eigenvalue weighted by Crippen LogP contribution is -2.51. The smallest absolute Gasteiger partial charge is 0.329 e. The van der Waals surface area contributed by atoms with Gasteiger partial charge in [0.25, 0.3) is 0 Å². The molecule has 0 saturated carbocycles. The summed E-state index contributed by atoms with van der Waals surface area (Å²) in [5.74, 6) is 0.179. The predicted molar refractivity (Wildman–Crippen MR) is 126 cm³/mol. The quantitative estimate of drug-likeness (QED) is 0.545. The second-order valence-electron chi connectivity index (χ2n) is 9.45. The third-order valence-corrected chi connectivity index (χ3v) is 4.68. The topological polar surface area (TPSA) is 90.7 Å². The van der Waals surface area contributed by atoms with Crippen molar-refractivity contribution in [2.45, 2.75) is 71.8 Å². The van der Waals surface area contributed by atoms with E-state index >= 15 is 0 Å². The molecule has 0 heterocycles. The Balaban J connectivity index is 2.05. The number of amides is 1. The van der Waals surface area contributed by atoms with Crippen molar-refractivity contribution < 1.29 is 19.1 Å². The van der Waals surface area contributed by atoms with E-state index in [-0.39, 0.29) is 11.8 Å². The Kier molecular flexibility index (Phi) is 9.27. The summed E-state index contributed by atoms with van der Waals surface area (Å²) in [5.41, 5.74) is 7.32. The van der Waals surface area contributed by atoms with E-state index in [2.05, 4.69) is 5.32 Å². The minimum Gasteiger partial charge on any atom is -0.489 e. The van der Waals surface area contributed by atoms with Crippen molar-refractivity contribution in [1.29, 1.82) is 0 Å². The van der Waals surface area contributed by atoms with Gasteiger partial charge in [0, 0.05) is 6.42 Å². The Bertz CT molecular complexity index is 858. The summed E-state index contributed by atoms with van der Waals surface area (Å²) in [4.78, 5) is 25.3. The van der Waals surface area contributed by atoms with Crippen LogP contribution in [0, 0.1) is 5.92 Å². The molecule has 0 spiro atoms. The van der Waals surface area contributed by atoms with Crippen LogP contribution in [0.25, 0.3) is 0 Å². The van der Waals surface area contributed by atoms with Crippen LogP contribution in [0.4, 0.5) is 0 Å². The summed E-state index contributed by atoms with van der Waals surface area (Å²) in [6.45, 7) is 9.87. The van der Waals surface area contributed by atoms with Gasteiger partial charge in [-0.1, -0.05) is 56.3 Å². The van der Waals surface area contributed by atoms with Crippen molar-refractivity contribution >= 4 is 11.9 Å². The van der Waals surface area contributed by atoms with Gasteiger partial charge in [0.2, 0.25) is 5.91 Å². The summed E-state index contributed by atoms with van der Waals surface area (Å²) in [6.07, 6.45) is 0.842. The molecule has 32 heavy (non-hydrogen) atoms. The van der Waals surface area contributed by atoms with Crippen LogP contribution in [0.2, 0.25) is 0 Å². The largest absolute Gasteiger partial charge is 0.489 e. The number of esters is 1. The Morgan fingerprint density at radius 1 is 0.969 bits per heavy atom. The number of carbonyl (C=O) groups is 2. The zero-order valence-electron chi connectivity index (χ0n) is 19.8. The molecule has 6 heteroatoms. The van der Waals surface area contributed by atoms with E-state index in [0.29, 0.717) is 19.4 Å². The summed E-state index contributed by atoms with van der Waals surface area (Å²) in [7, 11) is 0. The lowest BCUT2D eigenvalue weighted by atomic mass is 10.0. The minimum atomic E-state index is -0.823. The number of hydrogen-bond donors (Lipinski definition) is 2. The molecule has 0 aliphatic heterocycles. The fourth-order valence-electron chi connectivity index (χ4n) is 3.16. The molecular weight excluding hydrogens is 404 g/mol. The lowest BCUT2D eigenvalue weighted by molar-refractivity contribution is -0.158. The molecule has 0 fully saturated rings. The molecule has 0 aromatic heterocycles. The van der Waals surface area contributed by atoms with Crippen molar-refractivity contribution in [3.05, 3.63) is 65.7 Å². The summed E-state index contributed by atoms with van der Waals surface area (Å²) in [5, 5.41) is 2.78. The molecule has 0 bridgehead atoms. The molecule has 0 saturated heterocycles. The van der Waals surface area contributed by atoms with Gasteiger partial charge in [-0.3, -0.25) is 4.79 Å². The van der Waals surface area contributed by atoms with Crippen LogP contribution < -0.4 is 15.8 Å². The third-order valence-electron chi connectivity index (χ3n) is 4.68. The number of rotatable bonds is 10. The number of nitrogens with two attached hydrogens (primary N) is 1. The van der Waals surface area contributed by atoms with E-state index in [9.17, 15) is 9.59 Å². The molecule has 2 aromatic carbocycles. The summed E-state index contributed by atoms with van der Waals surface area (Å²) in [6, 6.07) is 15.9. The maximum atomic E-state index is 12.8. The van der Waals surface area contributed by atoms with Crippen molar-refractivity contribution in [2.24, 2.45) is 11.7 Å². The van der Waals surface area contributed by atoms with Crippen molar-refractivity contribution in [3.8, 4) is 5.75 Å². The first-order valence-electron chi connectivity index (χ1n) is 11.1. The first-order valence-corrected chi connectivity index (χ1v) is 11.1. The van der Waals surface area contributed by atoms with Crippen molar-refractivity contribution in [1.82, 2.24) is 5.32 Å². The number of benzene rings is 2. The Hall–Kier alpha value is -2.86. The van der Waals surface area contributed by atoms with Crippen molar-refractivity contribution in [3.63, 3.8) is 0 Å². The Labute approximate surface area is 191 Å².